The molecular weight excluding hydrogens is 637 g/mol. The van der Waals surface area contributed by atoms with Crippen LogP contribution in [-0.4, -0.2) is 58.0 Å². The minimum absolute atomic E-state index is 0.0259. The summed E-state index contributed by atoms with van der Waals surface area (Å²) in [6, 6.07) is 13.6. The summed E-state index contributed by atoms with van der Waals surface area (Å²) in [5, 5.41) is 3.71. The first-order valence-electron chi connectivity index (χ1n) is 14.7. The fraction of sp³-hybridized carbons (Fsp3) is 0.394. The Morgan fingerprint density at radius 2 is 1.53 bits per heavy atom. The molecule has 0 radical (unpaired) electrons. The summed E-state index contributed by atoms with van der Waals surface area (Å²) in [7, 11) is -1.46. The molecule has 1 aliphatic rings. The van der Waals surface area contributed by atoms with Crippen molar-refractivity contribution in [2.75, 3.05) is 25.1 Å². The average Bonchev–Trinajstić information content (AvgIpc) is 3.51. The number of nitrogens with zero attached hydrogens (tertiary/aromatic N) is 2. The molecular formula is C33H39Cl2N3O6S. The molecule has 0 heterocycles. The predicted molar refractivity (Wildman–Crippen MR) is 177 cm³/mol. The molecule has 12 heteroatoms. The largest absolute Gasteiger partial charge is 0.493 e. The Morgan fingerprint density at radius 3 is 2.11 bits per heavy atom. The van der Waals surface area contributed by atoms with Crippen LogP contribution < -0.4 is 19.1 Å². The van der Waals surface area contributed by atoms with Gasteiger partial charge in [-0.25, -0.2) is 8.42 Å². The number of ether oxygens (including phenoxy) is 2. The second-order valence-corrected chi connectivity index (χ2v) is 13.9. The molecule has 4 rings (SSSR count). The number of halogens is 2. The maximum absolute atomic E-state index is 14.3. The van der Waals surface area contributed by atoms with Crippen molar-refractivity contribution in [1.82, 2.24) is 10.2 Å². The monoisotopic (exact) mass is 675 g/mol. The van der Waals surface area contributed by atoms with Crippen LogP contribution >= 0.6 is 23.2 Å². The topological polar surface area (TPSA) is 105 Å². The van der Waals surface area contributed by atoms with E-state index in [1.807, 2.05) is 19.9 Å². The Labute approximate surface area is 275 Å². The van der Waals surface area contributed by atoms with E-state index in [9.17, 15) is 18.0 Å². The van der Waals surface area contributed by atoms with E-state index in [0.717, 1.165) is 41.1 Å². The summed E-state index contributed by atoms with van der Waals surface area (Å²) in [6.07, 6.45) is 3.78. The Bertz CT molecular complexity index is 1620. The van der Waals surface area contributed by atoms with Gasteiger partial charge in [-0.1, -0.05) is 48.2 Å². The minimum Gasteiger partial charge on any atom is -0.493 e. The van der Waals surface area contributed by atoms with Crippen molar-refractivity contribution in [1.29, 1.82) is 0 Å². The Balaban J connectivity index is 1.77. The van der Waals surface area contributed by atoms with Gasteiger partial charge in [0.1, 0.15) is 12.6 Å². The molecule has 1 N–H and O–H groups in total. The van der Waals surface area contributed by atoms with Crippen LogP contribution in [0.25, 0.3) is 0 Å². The number of aryl methyl sites for hydroxylation is 2. The van der Waals surface area contributed by atoms with E-state index in [4.69, 9.17) is 32.7 Å². The van der Waals surface area contributed by atoms with Crippen molar-refractivity contribution in [3.8, 4) is 11.5 Å². The van der Waals surface area contributed by atoms with Gasteiger partial charge in [0.05, 0.1) is 24.8 Å². The Morgan fingerprint density at radius 1 is 0.933 bits per heavy atom. The summed E-state index contributed by atoms with van der Waals surface area (Å²) < 4.78 is 40.4. The standard InChI is InChI=1S/C33H39Cl2N3O6S/c1-21-15-22(2)17-25(16-21)38(45(41,42)26-13-14-30(43-4)31(18-26)44-5)20-32(39)37(19-27-28(34)11-8-12-29(27)35)23(3)33(40)36-24-9-6-7-10-24/h8,11-18,23-24H,6-7,9-10,19-20H2,1-5H3,(H,36,40)/t23-/m1/s1. The highest BCUT2D eigenvalue weighted by molar-refractivity contribution is 7.92. The third kappa shape index (κ3) is 8.04. The van der Waals surface area contributed by atoms with E-state index < -0.39 is 28.5 Å². The second kappa shape index (κ2) is 14.7. The quantitative estimate of drug-likeness (QED) is 0.242. The lowest BCUT2D eigenvalue weighted by Crippen LogP contribution is -2.52. The third-order valence-electron chi connectivity index (χ3n) is 7.98. The molecule has 1 saturated carbocycles. The molecule has 0 aromatic heterocycles. The molecule has 2 amide bonds. The third-order valence-corrected chi connectivity index (χ3v) is 10.5. The van der Waals surface area contributed by atoms with Gasteiger partial charge in [-0.2, -0.15) is 0 Å². The first-order valence-corrected chi connectivity index (χ1v) is 16.9. The fourth-order valence-corrected chi connectivity index (χ4v) is 7.49. The number of benzene rings is 3. The zero-order valence-electron chi connectivity index (χ0n) is 26.1. The molecule has 0 saturated heterocycles. The molecule has 0 spiro atoms. The highest BCUT2D eigenvalue weighted by atomic mass is 35.5. The number of methoxy groups -OCH3 is 2. The normalized spacial score (nSPS) is 14.1. The van der Waals surface area contributed by atoms with Crippen molar-refractivity contribution >= 4 is 50.7 Å². The van der Waals surface area contributed by atoms with Gasteiger partial charge in [-0.3, -0.25) is 13.9 Å². The molecule has 0 aliphatic heterocycles. The highest BCUT2D eigenvalue weighted by Crippen LogP contribution is 2.33. The summed E-state index contributed by atoms with van der Waals surface area (Å²) in [4.78, 5) is 29.0. The Kier molecular flexibility index (Phi) is 11.3. The van der Waals surface area contributed by atoms with Crippen LogP contribution in [0.1, 0.15) is 49.3 Å². The van der Waals surface area contributed by atoms with Crippen molar-refractivity contribution in [3.05, 3.63) is 81.3 Å². The predicted octanol–water partition coefficient (Wildman–Crippen LogP) is 6.30. The fourth-order valence-electron chi connectivity index (χ4n) is 5.56. The number of rotatable bonds is 12. The van der Waals surface area contributed by atoms with E-state index in [2.05, 4.69) is 5.32 Å². The minimum atomic E-state index is -4.33. The summed E-state index contributed by atoms with van der Waals surface area (Å²) >= 11 is 13.0. The van der Waals surface area contributed by atoms with Gasteiger partial charge >= 0.3 is 0 Å². The van der Waals surface area contributed by atoms with Gasteiger partial charge in [0.25, 0.3) is 10.0 Å². The molecule has 3 aromatic rings. The lowest BCUT2D eigenvalue weighted by molar-refractivity contribution is -0.139. The maximum Gasteiger partial charge on any atom is 0.264 e. The summed E-state index contributed by atoms with van der Waals surface area (Å²) in [6.45, 7) is 4.62. The first-order chi connectivity index (χ1) is 21.3. The lowest BCUT2D eigenvalue weighted by Gasteiger charge is -2.33. The van der Waals surface area contributed by atoms with Crippen LogP contribution in [0, 0.1) is 13.8 Å². The average molecular weight is 677 g/mol. The van der Waals surface area contributed by atoms with Crippen LogP contribution in [0.15, 0.2) is 59.5 Å². The zero-order chi connectivity index (χ0) is 32.9. The van der Waals surface area contributed by atoms with Gasteiger partial charge < -0.3 is 19.7 Å². The molecule has 0 bridgehead atoms. The number of sulfonamides is 1. The maximum atomic E-state index is 14.3. The lowest BCUT2D eigenvalue weighted by atomic mass is 10.1. The number of hydrogen-bond donors (Lipinski definition) is 1. The SMILES string of the molecule is COc1ccc(S(=O)(=O)N(CC(=O)N(Cc2c(Cl)cccc2Cl)[C@H](C)C(=O)NC2CCCC2)c2cc(C)cc(C)c2)cc1OC. The van der Waals surface area contributed by atoms with Crippen LogP contribution in [-0.2, 0) is 26.2 Å². The van der Waals surface area contributed by atoms with Gasteiger partial charge in [-0.05, 0) is 81.1 Å². The summed E-state index contributed by atoms with van der Waals surface area (Å²) in [5.74, 6) is -0.366. The molecule has 1 aliphatic carbocycles. The molecule has 3 aromatic carbocycles. The van der Waals surface area contributed by atoms with Gasteiger partial charge in [0.15, 0.2) is 11.5 Å². The van der Waals surface area contributed by atoms with E-state index in [1.165, 1.54) is 37.3 Å². The zero-order valence-corrected chi connectivity index (χ0v) is 28.4. The molecule has 1 fully saturated rings. The van der Waals surface area contributed by atoms with Gasteiger partial charge in [0, 0.05) is 34.3 Å². The number of anilines is 1. The first kappa shape index (κ1) is 34.4. The van der Waals surface area contributed by atoms with Crippen molar-refractivity contribution in [2.24, 2.45) is 0 Å². The van der Waals surface area contributed by atoms with E-state index in [-0.39, 0.29) is 29.1 Å². The van der Waals surface area contributed by atoms with E-state index in [1.54, 1.807) is 37.3 Å². The van der Waals surface area contributed by atoms with Crippen LogP contribution in [0.3, 0.4) is 0 Å². The molecule has 45 heavy (non-hydrogen) atoms. The number of carbonyl (C=O) groups excluding carboxylic acids is 2. The number of amides is 2. The molecule has 9 nitrogen and oxygen atoms in total. The van der Waals surface area contributed by atoms with Crippen LogP contribution in [0.4, 0.5) is 5.69 Å². The van der Waals surface area contributed by atoms with Gasteiger partial charge in [0.2, 0.25) is 11.8 Å². The summed E-state index contributed by atoms with van der Waals surface area (Å²) in [5.41, 5.74) is 2.38. The molecule has 242 valence electrons. The van der Waals surface area contributed by atoms with Crippen LogP contribution in [0.5, 0.6) is 11.5 Å². The number of hydrogen-bond acceptors (Lipinski definition) is 6. The Hall–Kier alpha value is -3.47. The van der Waals surface area contributed by atoms with Gasteiger partial charge in [-0.15, -0.1) is 0 Å². The highest BCUT2D eigenvalue weighted by Gasteiger charge is 2.34. The smallest absolute Gasteiger partial charge is 0.264 e. The molecule has 0 unspecified atom stereocenters. The van der Waals surface area contributed by atoms with Crippen molar-refractivity contribution in [2.45, 2.75) is 70.0 Å². The number of carbonyl (C=O) groups is 2. The number of nitrogens with one attached hydrogen (secondary N) is 1. The van der Waals surface area contributed by atoms with Crippen molar-refractivity contribution in [3.63, 3.8) is 0 Å². The van der Waals surface area contributed by atoms with E-state index in [0.29, 0.717) is 27.0 Å². The molecule has 1 atom stereocenters. The van der Waals surface area contributed by atoms with Crippen LogP contribution in [0.2, 0.25) is 10.0 Å². The van der Waals surface area contributed by atoms with Crippen molar-refractivity contribution < 1.29 is 27.5 Å². The van der Waals surface area contributed by atoms with E-state index >= 15 is 0 Å². The second-order valence-electron chi connectivity index (χ2n) is 11.3.